The first kappa shape index (κ1) is 9.98. The van der Waals surface area contributed by atoms with Crippen molar-refractivity contribution >= 4 is 17.3 Å². The maximum Gasteiger partial charge on any atom is 0.158 e. The van der Waals surface area contributed by atoms with E-state index in [1.165, 1.54) is 0 Å². The van der Waals surface area contributed by atoms with Gasteiger partial charge in [-0.25, -0.2) is 9.67 Å². The number of nitrogens with two attached hydrogens (primary N) is 1. The first-order valence-corrected chi connectivity index (χ1v) is 4.89. The van der Waals surface area contributed by atoms with Crippen molar-refractivity contribution < 1.29 is 0 Å². The zero-order valence-electron chi connectivity index (χ0n) is 8.53. The van der Waals surface area contributed by atoms with Crippen LogP contribution in [0.25, 0.3) is 11.4 Å². The average Bonchev–Trinajstić information content (AvgIpc) is 2.50. The molecule has 5 heteroatoms. The first-order chi connectivity index (χ1) is 7.08. The van der Waals surface area contributed by atoms with Crippen molar-refractivity contribution in [1.82, 2.24) is 14.8 Å². The standard InChI is InChI=1S/C10H11ClN4/c1-6-13-10(15(2)14-6)7-3-4-9(12)8(11)5-7/h3-5H,12H2,1-2H3. The van der Waals surface area contributed by atoms with Crippen LogP contribution in [0.3, 0.4) is 0 Å². The summed E-state index contributed by atoms with van der Waals surface area (Å²) < 4.78 is 1.72. The van der Waals surface area contributed by atoms with Crippen molar-refractivity contribution in [3.05, 3.63) is 29.0 Å². The van der Waals surface area contributed by atoms with Crippen molar-refractivity contribution in [2.45, 2.75) is 6.92 Å². The van der Waals surface area contributed by atoms with Gasteiger partial charge in [-0.1, -0.05) is 11.6 Å². The molecule has 0 bridgehead atoms. The minimum Gasteiger partial charge on any atom is -0.398 e. The molecule has 0 aliphatic rings. The van der Waals surface area contributed by atoms with E-state index in [1.807, 2.05) is 20.0 Å². The largest absolute Gasteiger partial charge is 0.398 e. The SMILES string of the molecule is Cc1nc(-c2ccc(N)c(Cl)c2)n(C)n1. The third-order valence-electron chi connectivity index (χ3n) is 2.13. The van der Waals surface area contributed by atoms with Crippen LogP contribution < -0.4 is 5.73 Å². The Labute approximate surface area is 92.7 Å². The highest BCUT2D eigenvalue weighted by Gasteiger charge is 2.08. The van der Waals surface area contributed by atoms with Crippen LogP contribution >= 0.6 is 11.6 Å². The van der Waals surface area contributed by atoms with Crippen molar-refractivity contribution in [3.8, 4) is 11.4 Å². The Morgan fingerprint density at radius 3 is 2.67 bits per heavy atom. The van der Waals surface area contributed by atoms with Gasteiger partial charge in [-0.3, -0.25) is 0 Å². The van der Waals surface area contributed by atoms with E-state index < -0.39 is 0 Å². The summed E-state index contributed by atoms with van der Waals surface area (Å²) in [7, 11) is 1.85. The fourth-order valence-electron chi connectivity index (χ4n) is 1.43. The van der Waals surface area contributed by atoms with E-state index in [4.69, 9.17) is 17.3 Å². The maximum atomic E-state index is 5.94. The topological polar surface area (TPSA) is 56.7 Å². The Balaban J connectivity index is 2.54. The molecule has 0 amide bonds. The lowest BCUT2D eigenvalue weighted by atomic mass is 10.2. The number of hydrogen-bond donors (Lipinski definition) is 1. The number of benzene rings is 1. The van der Waals surface area contributed by atoms with Gasteiger partial charge in [0.05, 0.1) is 10.7 Å². The average molecular weight is 223 g/mol. The summed E-state index contributed by atoms with van der Waals surface area (Å²) in [4.78, 5) is 4.30. The fourth-order valence-corrected chi connectivity index (χ4v) is 1.61. The number of nitrogen functional groups attached to an aromatic ring is 1. The van der Waals surface area contributed by atoms with Crippen molar-refractivity contribution in [2.24, 2.45) is 7.05 Å². The molecule has 1 aromatic carbocycles. The van der Waals surface area contributed by atoms with Gasteiger partial charge in [-0.15, -0.1) is 0 Å². The van der Waals surface area contributed by atoms with Gasteiger partial charge < -0.3 is 5.73 Å². The van der Waals surface area contributed by atoms with Crippen LogP contribution in [0, 0.1) is 6.92 Å². The van der Waals surface area contributed by atoms with E-state index in [9.17, 15) is 0 Å². The predicted molar refractivity (Wildman–Crippen MR) is 60.6 cm³/mol. The molecule has 0 unspecified atom stereocenters. The molecule has 15 heavy (non-hydrogen) atoms. The molecule has 1 heterocycles. The second-order valence-corrected chi connectivity index (χ2v) is 3.75. The fraction of sp³-hybridized carbons (Fsp3) is 0.200. The van der Waals surface area contributed by atoms with Gasteiger partial charge in [0.1, 0.15) is 5.82 Å². The van der Waals surface area contributed by atoms with Crippen molar-refractivity contribution in [3.63, 3.8) is 0 Å². The second-order valence-electron chi connectivity index (χ2n) is 3.34. The van der Waals surface area contributed by atoms with E-state index in [0.29, 0.717) is 10.7 Å². The van der Waals surface area contributed by atoms with Gasteiger partial charge in [0.25, 0.3) is 0 Å². The van der Waals surface area contributed by atoms with Crippen LogP contribution in [-0.2, 0) is 7.05 Å². The molecule has 4 nitrogen and oxygen atoms in total. The van der Waals surface area contributed by atoms with Crippen LogP contribution in [0.2, 0.25) is 5.02 Å². The smallest absolute Gasteiger partial charge is 0.158 e. The van der Waals surface area contributed by atoms with Crippen LogP contribution in [0.5, 0.6) is 0 Å². The minimum absolute atomic E-state index is 0.535. The number of anilines is 1. The Hall–Kier alpha value is -1.55. The number of hydrogen-bond acceptors (Lipinski definition) is 3. The summed E-state index contributed by atoms with van der Waals surface area (Å²) >= 11 is 5.94. The molecule has 0 spiro atoms. The van der Waals surface area contributed by atoms with Crippen molar-refractivity contribution in [1.29, 1.82) is 0 Å². The van der Waals surface area contributed by atoms with E-state index in [1.54, 1.807) is 16.8 Å². The molecule has 2 N–H and O–H groups in total. The Morgan fingerprint density at radius 1 is 1.40 bits per heavy atom. The molecule has 0 radical (unpaired) electrons. The molecule has 1 aromatic heterocycles. The highest BCUT2D eigenvalue weighted by molar-refractivity contribution is 6.33. The highest BCUT2D eigenvalue weighted by atomic mass is 35.5. The van der Waals surface area contributed by atoms with Crippen molar-refractivity contribution in [2.75, 3.05) is 5.73 Å². The number of rotatable bonds is 1. The quantitative estimate of drug-likeness (QED) is 0.752. The third-order valence-corrected chi connectivity index (χ3v) is 2.45. The molecule has 0 saturated heterocycles. The van der Waals surface area contributed by atoms with Crippen LogP contribution in [0.1, 0.15) is 5.82 Å². The third kappa shape index (κ3) is 1.80. The van der Waals surface area contributed by atoms with Crippen LogP contribution in [0.15, 0.2) is 18.2 Å². The molecule has 2 aromatic rings. The maximum absolute atomic E-state index is 5.94. The summed E-state index contributed by atoms with van der Waals surface area (Å²) in [6.45, 7) is 1.85. The van der Waals surface area contributed by atoms with Crippen LogP contribution in [-0.4, -0.2) is 14.8 Å². The molecule has 0 aliphatic carbocycles. The number of nitrogens with zero attached hydrogens (tertiary/aromatic N) is 3. The summed E-state index contributed by atoms with van der Waals surface area (Å²) in [5.41, 5.74) is 7.12. The zero-order chi connectivity index (χ0) is 11.0. The molecule has 78 valence electrons. The minimum atomic E-state index is 0.535. The summed E-state index contributed by atoms with van der Waals surface area (Å²) in [6.07, 6.45) is 0. The zero-order valence-corrected chi connectivity index (χ0v) is 9.28. The van der Waals surface area contributed by atoms with E-state index >= 15 is 0 Å². The molecule has 0 saturated carbocycles. The summed E-state index contributed by atoms with van der Waals surface area (Å²) in [5.74, 6) is 1.52. The lowest BCUT2D eigenvalue weighted by Gasteiger charge is -2.02. The van der Waals surface area contributed by atoms with E-state index in [0.717, 1.165) is 17.2 Å². The lowest BCUT2D eigenvalue weighted by molar-refractivity contribution is 0.764. The summed E-state index contributed by atoms with van der Waals surface area (Å²) in [6, 6.07) is 5.44. The molecule has 0 fully saturated rings. The van der Waals surface area contributed by atoms with Gasteiger partial charge in [0.15, 0.2) is 5.82 Å². The van der Waals surface area contributed by atoms with Crippen LogP contribution in [0.4, 0.5) is 5.69 Å². The van der Waals surface area contributed by atoms with Gasteiger partial charge in [0, 0.05) is 12.6 Å². The van der Waals surface area contributed by atoms with E-state index in [-0.39, 0.29) is 0 Å². The number of halogens is 1. The number of aryl methyl sites for hydroxylation is 2. The molecular weight excluding hydrogens is 212 g/mol. The Bertz CT molecular complexity index is 504. The Morgan fingerprint density at radius 2 is 2.13 bits per heavy atom. The lowest BCUT2D eigenvalue weighted by Crippen LogP contribution is -1.95. The van der Waals surface area contributed by atoms with Gasteiger partial charge >= 0.3 is 0 Å². The molecular formula is C10H11ClN4. The number of aromatic nitrogens is 3. The second kappa shape index (κ2) is 3.55. The highest BCUT2D eigenvalue weighted by Crippen LogP contribution is 2.25. The van der Waals surface area contributed by atoms with E-state index in [2.05, 4.69) is 10.1 Å². The normalized spacial score (nSPS) is 10.6. The predicted octanol–water partition coefficient (Wildman–Crippen LogP) is 2.03. The van der Waals surface area contributed by atoms with Gasteiger partial charge in [-0.05, 0) is 25.1 Å². The molecule has 0 atom stereocenters. The van der Waals surface area contributed by atoms with Gasteiger partial charge in [-0.2, -0.15) is 5.10 Å². The monoisotopic (exact) mass is 222 g/mol. The Kier molecular flexibility index (Phi) is 2.36. The summed E-state index contributed by atoms with van der Waals surface area (Å²) in [5, 5.41) is 4.71. The first-order valence-electron chi connectivity index (χ1n) is 4.51. The van der Waals surface area contributed by atoms with Gasteiger partial charge in [0.2, 0.25) is 0 Å². The molecule has 0 aliphatic heterocycles. The molecule has 2 rings (SSSR count).